The van der Waals surface area contributed by atoms with Crippen LogP contribution in [-0.4, -0.2) is 10.8 Å². The van der Waals surface area contributed by atoms with Crippen molar-refractivity contribution in [1.29, 1.82) is 0 Å². The normalized spacial score (nSPS) is 10.9. The highest BCUT2D eigenvalue weighted by Gasteiger charge is 2.12. The van der Waals surface area contributed by atoms with Crippen molar-refractivity contribution in [3.63, 3.8) is 0 Å². The lowest BCUT2D eigenvalue weighted by atomic mass is 10.1. The molecule has 1 aromatic heterocycles. The van der Waals surface area contributed by atoms with E-state index in [9.17, 15) is 4.79 Å². The first-order valence-corrected chi connectivity index (χ1v) is 7.95. The maximum absolute atomic E-state index is 12.2. The summed E-state index contributed by atoms with van der Waals surface area (Å²) in [7, 11) is 0. The summed E-state index contributed by atoms with van der Waals surface area (Å²) in [5.41, 5.74) is 1.55. The summed E-state index contributed by atoms with van der Waals surface area (Å²) < 4.78 is 1.89. The van der Waals surface area contributed by atoms with Gasteiger partial charge in [-0.1, -0.05) is 29.8 Å². The summed E-state index contributed by atoms with van der Waals surface area (Å²) in [5.74, 6) is 0.0263. The molecule has 0 spiro atoms. The molecule has 3 aromatic rings. The molecule has 0 N–H and O–H groups in total. The number of nitrogens with zero attached hydrogens (tertiary/aromatic N) is 1. The van der Waals surface area contributed by atoms with Crippen molar-refractivity contribution in [3.8, 4) is 0 Å². The number of fused-ring (bicyclic) bond motifs is 1. The van der Waals surface area contributed by atoms with Gasteiger partial charge in [-0.2, -0.15) is 0 Å². The van der Waals surface area contributed by atoms with Gasteiger partial charge in [0.15, 0.2) is 5.78 Å². The highest BCUT2D eigenvalue weighted by atomic mass is 79.9. The Labute approximate surface area is 133 Å². The molecule has 0 amide bonds. The fourth-order valence-electron chi connectivity index (χ4n) is 1.90. The minimum atomic E-state index is 0.0263. The molecule has 1 heterocycles. The first kappa shape index (κ1) is 13.7. The first-order chi connectivity index (χ1) is 9.63. The summed E-state index contributed by atoms with van der Waals surface area (Å²) in [5, 5.41) is 1.37. The number of rotatable bonds is 3. The van der Waals surface area contributed by atoms with E-state index in [1.807, 2.05) is 24.3 Å². The smallest absolute Gasteiger partial charge is 0.169 e. The van der Waals surface area contributed by atoms with Crippen molar-refractivity contribution in [2.24, 2.45) is 0 Å². The Balaban J connectivity index is 1.86. The van der Waals surface area contributed by atoms with Crippen LogP contribution in [0.15, 0.2) is 46.9 Å². The molecular weight excluding hydrogens is 358 g/mol. The number of aromatic nitrogens is 1. The molecule has 3 rings (SSSR count). The summed E-state index contributed by atoms with van der Waals surface area (Å²) in [4.78, 5) is 16.7. The van der Waals surface area contributed by atoms with Gasteiger partial charge in [0.2, 0.25) is 0 Å². The molecular formula is C15H9BrClNOS. The van der Waals surface area contributed by atoms with Crippen LogP contribution in [0.5, 0.6) is 0 Å². The molecule has 0 fully saturated rings. The number of ketones is 1. The number of Topliss-reactive ketones (excluding diaryl/α,β-unsaturated/α-hetero) is 1. The molecule has 0 unspecified atom stereocenters. The number of thiazole rings is 1. The second-order valence-electron chi connectivity index (χ2n) is 4.30. The quantitative estimate of drug-likeness (QED) is 0.601. The predicted molar refractivity (Wildman–Crippen MR) is 86.8 cm³/mol. The molecule has 2 aromatic carbocycles. The van der Waals surface area contributed by atoms with Crippen molar-refractivity contribution >= 4 is 54.9 Å². The maximum Gasteiger partial charge on any atom is 0.169 e. The third kappa shape index (κ3) is 2.77. The van der Waals surface area contributed by atoms with Crippen LogP contribution in [-0.2, 0) is 6.42 Å². The molecule has 100 valence electrons. The largest absolute Gasteiger partial charge is 0.294 e. The number of halogens is 2. The standard InChI is InChI=1S/C15H9BrClNOS/c16-10-6-5-9(7-11(10)17)13(19)8-15-18-12-3-1-2-4-14(12)20-15/h1-7H,8H2. The molecule has 0 aliphatic rings. The zero-order valence-corrected chi connectivity index (χ0v) is 13.4. The van der Waals surface area contributed by atoms with Gasteiger partial charge in [-0.25, -0.2) is 4.98 Å². The van der Waals surface area contributed by atoms with Crippen molar-refractivity contribution in [1.82, 2.24) is 4.98 Å². The van der Waals surface area contributed by atoms with Gasteiger partial charge in [-0.3, -0.25) is 4.79 Å². The van der Waals surface area contributed by atoms with Crippen molar-refractivity contribution < 1.29 is 4.79 Å². The van der Waals surface area contributed by atoms with E-state index in [2.05, 4.69) is 20.9 Å². The fraction of sp³-hybridized carbons (Fsp3) is 0.0667. The topological polar surface area (TPSA) is 30.0 Å². The lowest BCUT2D eigenvalue weighted by Gasteiger charge is -2.01. The van der Waals surface area contributed by atoms with E-state index in [-0.39, 0.29) is 5.78 Å². The van der Waals surface area contributed by atoms with Gasteiger partial charge in [0.05, 0.1) is 21.7 Å². The summed E-state index contributed by atoms with van der Waals surface area (Å²) in [6.45, 7) is 0. The third-order valence-electron chi connectivity index (χ3n) is 2.89. The van der Waals surface area contributed by atoms with Gasteiger partial charge in [0, 0.05) is 10.0 Å². The van der Waals surface area contributed by atoms with E-state index >= 15 is 0 Å². The molecule has 2 nitrogen and oxygen atoms in total. The molecule has 0 saturated heterocycles. The summed E-state index contributed by atoms with van der Waals surface area (Å²) in [6, 6.07) is 13.1. The Morgan fingerprint density at radius 1 is 1.25 bits per heavy atom. The third-order valence-corrected chi connectivity index (χ3v) is 5.16. The van der Waals surface area contributed by atoms with E-state index in [1.165, 1.54) is 0 Å². The Morgan fingerprint density at radius 3 is 2.80 bits per heavy atom. The average molecular weight is 367 g/mol. The van der Waals surface area contributed by atoms with Gasteiger partial charge >= 0.3 is 0 Å². The summed E-state index contributed by atoms with van der Waals surface area (Å²) >= 11 is 10.9. The Kier molecular flexibility index (Phi) is 3.87. The number of hydrogen-bond acceptors (Lipinski definition) is 3. The molecule has 0 bridgehead atoms. The SMILES string of the molecule is O=C(Cc1nc2ccccc2s1)c1ccc(Br)c(Cl)c1. The molecule has 20 heavy (non-hydrogen) atoms. The van der Waals surface area contributed by atoms with Crippen LogP contribution in [0.1, 0.15) is 15.4 Å². The van der Waals surface area contributed by atoms with E-state index in [0.717, 1.165) is 19.7 Å². The molecule has 0 atom stereocenters. The van der Waals surface area contributed by atoms with Gasteiger partial charge in [-0.05, 0) is 40.2 Å². The average Bonchev–Trinajstić information content (AvgIpc) is 2.83. The number of carbonyl (C=O) groups is 1. The number of para-hydroxylation sites is 1. The Morgan fingerprint density at radius 2 is 2.05 bits per heavy atom. The lowest BCUT2D eigenvalue weighted by Crippen LogP contribution is -2.03. The van der Waals surface area contributed by atoms with Gasteiger partial charge in [0.25, 0.3) is 0 Å². The fourth-order valence-corrected chi connectivity index (χ4v) is 3.30. The van der Waals surface area contributed by atoms with Crippen molar-refractivity contribution in [2.75, 3.05) is 0 Å². The Hall–Kier alpha value is -1.23. The molecule has 5 heteroatoms. The van der Waals surface area contributed by atoms with Crippen molar-refractivity contribution in [2.45, 2.75) is 6.42 Å². The second kappa shape index (κ2) is 5.64. The monoisotopic (exact) mass is 365 g/mol. The molecule has 0 aliphatic carbocycles. The highest BCUT2D eigenvalue weighted by molar-refractivity contribution is 9.10. The van der Waals surface area contributed by atoms with Crippen LogP contribution >= 0.6 is 38.9 Å². The van der Waals surface area contributed by atoms with Crippen molar-refractivity contribution in [3.05, 3.63) is 62.5 Å². The lowest BCUT2D eigenvalue weighted by molar-refractivity contribution is 0.0993. The number of benzene rings is 2. The van der Waals surface area contributed by atoms with Crippen LogP contribution < -0.4 is 0 Å². The van der Waals surface area contributed by atoms with Gasteiger partial charge in [-0.15, -0.1) is 11.3 Å². The van der Waals surface area contributed by atoms with Crippen LogP contribution in [0, 0.1) is 0 Å². The van der Waals surface area contributed by atoms with Crippen LogP contribution in [0.25, 0.3) is 10.2 Å². The van der Waals surface area contributed by atoms with E-state index in [1.54, 1.807) is 29.5 Å². The highest BCUT2D eigenvalue weighted by Crippen LogP contribution is 2.25. The van der Waals surface area contributed by atoms with E-state index in [0.29, 0.717) is 17.0 Å². The van der Waals surface area contributed by atoms with Crippen LogP contribution in [0.4, 0.5) is 0 Å². The zero-order valence-electron chi connectivity index (χ0n) is 10.3. The minimum Gasteiger partial charge on any atom is -0.294 e. The molecule has 0 aliphatic heterocycles. The maximum atomic E-state index is 12.2. The number of carbonyl (C=O) groups excluding carboxylic acids is 1. The minimum absolute atomic E-state index is 0.0263. The zero-order chi connectivity index (χ0) is 14.1. The molecule has 0 saturated carbocycles. The van der Waals surface area contributed by atoms with E-state index in [4.69, 9.17) is 11.6 Å². The van der Waals surface area contributed by atoms with E-state index < -0.39 is 0 Å². The van der Waals surface area contributed by atoms with Gasteiger partial charge < -0.3 is 0 Å². The number of hydrogen-bond donors (Lipinski definition) is 0. The van der Waals surface area contributed by atoms with Crippen LogP contribution in [0.2, 0.25) is 5.02 Å². The molecule has 0 radical (unpaired) electrons. The summed E-state index contributed by atoms with van der Waals surface area (Å²) in [6.07, 6.45) is 0.303. The second-order valence-corrected chi connectivity index (χ2v) is 6.68. The Bertz CT molecular complexity index is 766. The predicted octanol–water partition coefficient (Wildman–Crippen LogP) is 5.14. The first-order valence-electron chi connectivity index (χ1n) is 5.96. The van der Waals surface area contributed by atoms with Crippen LogP contribution in [0.3, 0.4) is 0 Å². The van der Waals surface area contributed by atoms with Gasteiger partial charge in [0.1, 0.15) is 5.01 Å².